The van der Waals surface area contributed by atoms with E-state index in [1.807, 2.05) is 0 Å². The summed E-state index contributed by atoms with van der Waals surface area (Å²) < 4.78 is 6.16. The van der Waals surface area contributed by atoms with Gasteiger partial charge in [0.25, 0.3) is 0 Å². The zero-order valence-corrected chi connectivity index (χ0v) is 14.4. The number of hydrogen-bond acceptors (Lipinski definition) is 2. The standard InChI is InChI=1S/C20H30O2/c1-12(2)6-5-7-13(3)17-15-11-22-18-14-8-9-19(4,10-16(17)21)20(14,15)18/h6,8-9,13-18,21H,5,7,10-11H2,1-4H3. The van der Waals surface area contributed by atoms with Gasteiger partial charge in [0.05, 0.1) is 18.8 Å². The van der Waals surface area contributed by atoms with Gasteiger partial charge in [0.1, 0.15) is 0 Å². The molecule has 4 aliphatic rings. The van der Waals surface area contributed by atoms with Gasteiger partial charge in [-0.05, 0) is 56.3 Å². The van der Waals surface area contributed by atoms with Crippen molar-refractivity contribution in [3.05, 3.63) is 23.8 Å². The third kappa shape index (κ3) is 1.69. The van der Waals surface area contributed by atoms with Gasteiger partial charge in [0.15, 0.2) is 0 Å². The summed E-state index contributed by atoms with van der Waals surface area (Å²) in [6, 6.07) is 0. The highest BCUT2D eigenvalue weighted by Crippen LogP contribution is 2.80. The van der Waals surface area contributed by atoms with Crippen LogP contribution in [0, 0.1) is 34.5 Å². The minimum Gasteiger partial charge on any atom is -0.393 e. The molecule has 22 heavy (non-hydrogen) atoms. The lowest BCUT2D eigenvalue weighted by molar-refractivity contribution is -0.0807. The van der Waals surface area contributed by atoms with Crippen LogP contribution >= 0.6 is 0 Å². The Labute approximate surface area is 134 Å². The van der Waals surface area contributed by atoms with Crippen LogP contribution in [0.1, 0.15) is 47.0 Å². The molecule has 2 heteroatoms. The third-order valence-corrected chi connectivity index (χ3v) is 7.34. The number of aliphatic hydroxyl groups excluding tert-OH is 1. The number of allylic oxidation sites excluding steroid dienone is 3. The van der Waals surface area contributed by atoms with Crippen LogP contribution in [0.4, 0.5) is 0 Å². The van der Waals surface area contributed by atoms with E-state index in [-0.39, 0.29) is 11.5 Å². The lowest BCUT2D eigenvalue weighted by Crippen LogP contribution is -2.51. The molecule has 1 aliphatic heterocycles. The van der Waals surface area contributed by atoms with E-state index in [0.29, 0.717) is 35.2 Å². The molecule has 2 nitrogen and oxygen atoms in total. The first-order valence-corrected chi connectivity index (χ1v) is 9.04. The molecule has 122 valence electrons. The maximum Gasteiger partial charge on any atom is 0.0719 e. The van der Waals surface area contributed by atoms with Crippen LogP contribution in [-0.2, 0) is 4.74 Å². The second kappa shape index (κ2) is 4.70. The molecule has 3 aliphatic carbocycles. The Kier molecular flexibility index (Phi) is 3.20. The Hall–Kier alpha value is -0.600. The van der Waals surface area contributed by atoms with Crippen LogP contribution in [0.5, 0.6) is 0 Å². The lowest BCUT2D eigenvalue weighted by atomic mass is 9.54. The monoisotopic (exact) mass is 302 g/mol. The van der Waals surface area contributed by atoms with Gasteiger partial charge in [0, 0.05) is 11.3 Å². The first kappa shape index (κ1) is 15.0. The molecule has 0 amide bonds. The SMILES string of the molecule is CC(C)=CCCC(C)C1C(O)CC2(C)C=CC3C4OCC1C342. The van der Waals surface area contributed by atoms with E-state index >= 15 is 0 Å². The van der Waals surface area contributed by atoms with Crippen molar-refractivity contribution >= 4 is 0 Å². The molecule has 3 fully saturated rings. The molecule has 0 aromatic heterocycles. The molecule has 1 spiro atoms. The smallest absolute Gasteiger partial charge is 0.0719 e. The van der Waals surface area contributed by atoms with E-state index in [0.717, 1.165) is 19.4 Å². The molecule has 8 atom stereocenters. The zero-order chi connectivity index (χ0) is 15.7. The van der Waals surface area contributed by atoms with Gasteiger partial charge >= 0.3 is 0 Å². The second-order valence-corrected chi connectivity index (χ2v) is 8.78. The van der Waals surface area contributed by atoms with Gasteiger partial charge in [-0.2, -0.15) is 0 Å². The quantitative estimate of drug-likeness (QED) is 0.797. The maximum atomic E-state index is 10.9. The predicted octanol–water partition coefficient (Wildman–Crippen LogP) is 3.96. The molecular formula is C20H30O2. The molecule has 1 saturated heterocycles. The summed E-state index contributed by atoms with van der Waals surface area (Å²) in [4.78, 5) is 0. The predicted molar refractivity (Wildman–Crippen MR) is 88.3 cm³/mol. The minimum atomic E-state index is -0.173. The average Bonchev–Trinajstić information content (AvgIpc) is 2.71. The molecule has 0 aromatic carbocycles. The van der Waals surface area contributed by atoms with E-state index in [2.05, 4.69) is 45.9 Å². The van der Waals surface area contributed by atoms with Gasteiger partial charge in [-0.1, -0.05) is 37.6 Å². The molecule has 1 heterocycles. The van der Waals surface area contributed by atoms with Crippen molar-refractivity contribution in [3.8, 4) is 0 Å². The fourth-order valence-electron chi connectivity index (χ4n) is 6.41. The third-order valence-electron chi connectivity index (χ3n) is 7.34. The molecule has 2 saturated carbocycles. The highest BCUT2D eigenvalue weighted by atomic mass is 16.5. The number of ether oxygens (including phenoxy) is 1. The molecule has 4 rings (SSSR count). The molecular weight excluding hydrogens is 272 g/mol. The van der Waals surface area contributed by atoms with Crippen molar-refractivity contribution in [3.63, 3.8) is 0 Å². The van der Waals surface area contributed by atoms with Crippen molar-refractivity contribution in [2.75, 3.05) is 6.61 Å². The second-order valence-electron chi connectivity index (χ2n) is 8.78. The average molecular weight is 302 g/mol. The van der Waals surface area contributed by atoms with E-state index in [9.17, 15) is 5.11 Å². The number of aliphatic hydroxyl groups is 1. The summed E-state index contributed by atoms with van der Waals surface area (Å²) in [6.45, 7) is 9.91. The Morgan fingerprint density at radius 1 is 1.45 bits per heavy atom. The van der Waals surface area contributed by atoms with Crippen molar-refractivity contribution in [2.24, 2.45) is 34.5 Å². The Morgan fingerprint density at radius 2 is 2.23 bits per heavy atom. The fourth-order valence-corrected chi connectivity index (χ4v) is 6.41. The van der Waals surface area contributed by atoms with Gasteiger partial charge < -0.3 is 9.84 Å². The Bertz CT molecular complexity index is 532. The van der Waals surface area contributed by atoms with Gasteiger partial charge in [-0.3, -0.25) is 0 Å². The number of fused-ring (bicyclic) bond motifs is 1. The highest BCUT2D eigenvalue weighted by molar-refractivity contribution is 5.40. The van der Waals surface area contributed by atoms with Gasteiger partial charge in [-0.15, -0.1) is 0 Å². The summed E-state index contributed by atoms with van der Waals surface area (Å²) in [5.41, 5.74) is 1.90. The van der Waals surface area contributed by atoms with Crippen LogP contribution in [0.15, 0.2) is 23.8 Å². The summed E-state index contributed by atoms with van der Waals surface area (Å²) in [6.07, 6.45) is 10.6. The van der Waals surface area contributed by atoms with Crippen molar-refractivity contribution in [2.45, 2.75) is 59.2 Å². The van der Waals surface area contributed by atoms with Crippen LogP contribution in [0.2, 0.25) is 0 Å². The van der Waals surface area contributed by atoms with E-state index in [1.165, 1.54) is 12.0 Å². The van der Waals surface area contributed by atoms with E-state index in [1.54, 1.807) is 0 Å². The normalized spacial score (nSPS) is 52.1. The molecule has 8 unspecified atom stereocenters. The van der Waals surface area contributed by atoms with Crippen molar-refractivity contribution in [1.29, 1.82) is 0 Å². The van der Waals surface area contributed by atoms with Crippen LogP contribution in [0.25, 0.3) is 0 Å². The first-order valence-electron chi connectivity index (χ1n) is 9.04. The van der Waals surface area contributed by atoms with E-state index < -0.39 is 0 Å². The zero-order valence-electron chi connectivity index (χ0n) is 14.4. The summed E-state index contributed by atoms with van der Waals surface area (Å²) in [5, 5.41) is 10.9. The van der Waals surface area contributed by atoms with Crippen LogP contribution < -0.4 is 0 Å². The maximum absolute atomic E-state index is 10.9. The summed E-state index contributed by atoms with van der Waals surface area (Å²) >= 11 is 0. The van der Waals surface area contributed by atoms with Crippen LogP contribution in [-0.4, -0.2) is 23.9 Å². The largest absolute Gasteiger partial charge is 0.393 e. The van der Waals surface area contributed by atoms with Crippen LogP contribution in [0.3, 0.4) is 0 Å². The van der Waals surface area contributed by atoms with Crippen molar-refractivity contribution in [1.82, 2.24) is 0 Å². The molecule has 0 radical (unpaired) electrons. The first-order chi connectivity index (χ1) is 10.4. The fraction of sp³-hybridized carbons (Fsp3) is 0.800. The highest BCUT2D eigenvalue weighted by Gasteiger charge is 2.83. The topological polar surface area (TPSA) is 29.5 Å². The van der Waals surface area contributed by atoms with Gasteiger partial charge in [0.2, 0.25) is 0 Å². The lowest BCUT2D eigenvalue weighted by Gasteiger charge is -2.50. The summed E-state index contributed by atoms with van der Waals surface area (Å²) in [7, 11) is 0. The molecule has 0 aromatic rings. The van der Waals surface area contributed by atoms with Gasteiger partial charge in [-0.25, -0.2) is 0 Å². The Morgan fingerprint density at radius 3 is 2.91 bits per heavy atom. The van der Waals surface area contributed by atoms with Crippen molar-refractivity contribution < 1.29 is 9.84 Å². The molecule has 0 bridgehead atoms. The number of rotatable bonds is 4. The number of hydrogen-bond donors (Lipinski definition) is 1. The minimum absolute atomic E-state index is 0.166. The van der Waals surface area contributed by atoms with E-state index in [4.69, 9.17) is 4.74 Å². The Balaban J connectivity index is 1.56. The molecule has 1 N–H and O–H groups in total. The summed E-state index contributed by atoms with van der Waals surface area (Å²) in [5.74, 6) is 2.16.